The number of rotatable bonds is 6. The van der Waals surface area contributed by atoms with Crippen molar-refractivity contribution in [1.29, 1.82) is 0 Å². The Balaban J connectivity index is 1.73. The number of aryl methyl sites for hydroxylation is 1. The number of aromatic hydroxyl groups is 1. The minimum absolute atomic E-state index is 0.156. The van der Waals surface area contributed by atoms with Gasteiger partial charge in [-0.15, -0.1) is 10.2 Å². The van der Waals surface area contributed by atoms with E-state index in [0.717, 1.165) is 30.9 Å². The molecule has 1 atom stereocenters. The van der Waals surface area contributed by atoms with E-state index < -0.39 is 0 Å². The van der Waals surface area contributed by atoms with Gasteiger partial charge in [0.25, 0.3) is 0 Å². The molecule has 6 nitrogen and oxygen atoms in total. The fourth-order valence-corrected chi connectivity index (χ4v) is 3.38. The topological polar surface area (TPSA) is 70.5 Å². The number of likely N-dealkylation sites (tertiary alicyclic amines) is 1. The van der Waals surface area contributed by atoms with Gasteiger partial charge in [0, 0.05) is 24.2 Å². The maximum Gasteiger partial charge on any atom is 0.149 e. The Kier molecular flexibility index (Phi) is 6.16. The van der Waals surface area contributed by atoms with Crippen LogP contribution in [0.3, 0.4) is 0 Å². The molecule has 1 fully saturated rings. The number of anilines is 1. The number of ether oxygens (including phenoxy) is 1. The van der Waals surface area contributed by atoms with Crippen LogP contribution in [0.2, 0.25) is 0 Å². The van der Waals surface area contributed by atoms with Crippen LogP contribution in [0.4, 0.5) is 5.82 Å². The molecule has 1 saturated heterocycles. The maximum absolute atomic E-state index is 10.4. The minimum atomic E-state index is 0.156. The third-order valence-electron chi connectivity index (χ3n) is 4.77. The molecule has 146 valence electrons. The van der Waals surface area contributed by atoms with E-state index in [1.165, 1.54) is 6.42 Å². The summed E-state index contributed by atoms with van der Waals surface area (Å²) in [5.74, 6) is 2.04. The summed E-state index contributed by atoms with van der Waals surface area (Å²) in [4.78, 5) is 2.33. The van der Waals surface area contributed by atoms with Gasteiger partial charge in [0.05, 0.1) is 12.3 Å². The Morgan fingerprint density at radius 3 is 2.78 bits per heavy atom. The second kappa shape index (κ2) is 8.57. The van der Waals surface area contributed by atoms with Gasteiger partial charge < -0.3 is 20.1 Å². The first kappa shape index (κ1) is 19.4. The van der Waals surface area contributed by atoms with Gasteiger partial charge in [-0.25, -0.2) is 0 Å². The van der Waals surface area contributed by atoms with E-state index in [1.807, 2.05) is 25.1 Å². The number of hydrogen-bond donors (Lipinski definition) is 2. The molecule has 0 spiro atoms. The molecule has 0 amide bonds. The van der Waals surface area contributed by atoms with Gasteiger partial charge in [-0.3, -0.25) is 0 Å². The summed E-state index contributed by atoms with van der Waals surface area (Å²) in [7, 11) is 2.14. The standard InChI is InChI=1S/C21H30N4O2/c1-14(2)13-27-17-7-8-18(19(26)11-17)21-15(3)10-20(23-24-21)22-16-6-5-9-25(4)12-16/h7-8,10-11,14,16,26H,5-6,9,12-13H2,1-4H3,(H,22,23)/t16-/m1/s1. The van der Waals surface area contributed by atoms with E-state index in [0.29, 0.717) is 35.6 Å². The number of piperidine rings is 1. The van der Waals surface area contributed by atoms with Gasteiger partial charge in [-0.2, -0.15) is 0 Å². The SMILES string of the molecule is Cc1cc(N[C@@H]2CCCN(C)C2)nnc1-c1ccc(OCC(C)C)cc1O. The van der Waals surface area contributed by atoms with Gasteiger partial charge in [-0.1, -0.05) is 13.8 Å². The van der Waals surface area contributed by atoms with Crippen LogP contribution in [0.1, 0.15) is 32.3 Å². The molecule has 1 aliphatic rings. The number of nitrogens with one attached hydrogen (secondary N) is 1. The van der Waals surface area contributed by atoms with Crippen molar-refractivity contribution in [3.05, 3.63) is 29.8 Å². The summed E-state index contributed by atoms with van der Waals surface area (Å²) < 4.78 is 5.67. The Morgan fingerprint density at radius 1 is 1.30 bits per heavy atom. The summed E-state index contributed by atoms with van der Waals surface area (Å²) in [5, 5.41) is 22.6. The third-order valence-corrected chi connectivity index (χ3v) is 4.77. The van der Waals surface area contributed by atoms with Crippen molar-refractivity contribution < 1.29 is 9.84 Å². The molecule has 2 heterocycles. The van der Waals surface area contributed by atoms with E-state index in [9.17, 15) is 5.11 Å². The highest BCUT2D eigenvalue weighted by atomic mass is 16.5. The number of phenols is 1. The molecule has 1 aromatic carbocycles. The predicted octanol–water partition coefficient (Wildman–Crippen LogP) is 3.70. The first-order valence-corrected chi connectivity index (χ1v) is 9.68. The molecule has 0 unspecified atom stereocenters. The highest BCUT2D eigenvalue weighted by Gasteiger charge is 2.18. The zero-order valence-electron chi connectivity index (χ0n) is 16.7. The van der Waals surface area contributed by atoms with Crippen molar-refractivity contribution in [2.24, 2.45) is 5.92 Å². The summed E-state index contributed by atoms with van der Waals surface area (Å²) in [6, 6.07) is 7.74. The third kappa shape index (κ3) is 5.10. The Bertz CT molecular complexity index is 779. The normalized spacial score (nSPS) is 17.9. The lowest BCUT2D eigenvalue weighted by molar-refractivity contribution is 0.260. The molecule has 2 aromatic rings. The smallest absolute Gasteiger partial charge is 0.149 e. The molecule has 0 bridgehead atoms. The molecule has 6 heteroatoms. The molecule has 0 saturated carbocycles. The number of phenolic OH excluding ortho intramolecular Hbond substituents is 1. The quantitative estimate of drug-likeness (QED) is 0.808. The van der Waals surface area contributed by atoms with Crippen LogP contribution in [-0.4, -0.2) is 53.0 Å². The highest BCUT2D eigenvalue weighted by molar-refractivity contribution is 5.71. The molecule has 3 rings (SSSR count). The van der Waals surface area contributed by atoms with Crippen LogP contribution in [0.15, 0.2) is 24.3 Å². The second-order valence-electron chi connectivity index (χ2n) is 7.89. The Hall–Kier alpha value is -2.34. The first-order valence-electron chi connectivity index (χ1n) is 9.68. The fourth-order valence-electron chi connectivity index (χ4n) is 3.38. The number of nitrogens with zero attached hydrogens (tertiary/aromatic N) is 3. The van der Waals surface area contributed by atoms with Crippen molar-refractivity contribution in [2.75, 3.05) is 32.1 Å². The van der Waals surface area contributed by atoms with Crippen LogP contribution >= 0.6 is 0 Å². The Labute approximate surface area is 161 Å². The lowest BCUT2D eigenvalue weighted by Gasteiger charge is -2.30. The number of benzene rings is 1. The average molecular weight is 370 g/mol. The molecular weight excluding hydrogens is 340 g/mol. The number of aromatic nitrogens is 2. The number of hydrogen-bond acceptors (Lipinski definition) is 6. The monoisotopic (exact) mass is 370 g/mol. The van der Waals surface area contributed by atoms with E-state index in [2.05, 4.69) is 41.3 Å². The minimum Gasteiger partial charge on any atom is -0.507 e. The molecule has 1 aromatic heterocycles. The summed E-state index contributed by atoms with van der Waals surface area (Å²) in [6.45, 7) is 8.96. The first-order chi connectivity index (χ1) is 12.9. The van der Waals surface area contributed by atoms with Crippen molar-refractivity contribution in [3.8, 4) is 22.8 Å². The van der Waals surface area contributed by atoms with Gasteiger partial charge in [0.2, 0.25) is 0 Å². The van der Waals surface area contributed by atoms with Crippen molar-refractivity contribution in [2.45, 2.75) is 39.7 Å². The van der Waals surface area contributed by atoms with E-state index in [1.54, 1.807) is 6.07 Å². The molecule has 0 aliphatic carbocycles. The molecule has 0 radical (unpaired) electrons. The predicted molar refractivity (Wildman–Crippen MR) is 108 cm³/mol. The lowest BCUT2D eigenvalue weighted by Crippen LogP contribution is -2.39. The average Bonchev–Trinajstić information content (AvgIpc) is 2.61. The molecule has 27 heavy (non-hydrogen) atoms. The van der Waals surface area contributed by atoms with Crippen LogP contribution < -0.4 is 10.1 Å². The van der Waals surface area contributed by atoms with E-state index >= 15 is 0 Å². The highest BCUT2D eigenvalue weighted by Crippen LogP contribution is 2.33. The van der Waals surface area contributed by atoms with Crippen LogP contribution in [0.25, 0.3) is 11.3 Å². The number of likely N-dealkylation sites (N-methyl/N-ethyl adjacent to an activating group) is 1. The van der Waals surface area contributed by atoms with Gasteiger partial charge in [-0.05, 0) is 63.0 Å². The zero-order chi connectivity index (χ0) is 19.4. The Morgan fingerprint density at radius 2 is 2.11 bits per heavy atom. The van der Waals surface area contributed by atoms with Gasteiger partial charge in [0.1, 0.15) is 17.3 Å². The summed E-state index contributed by atoms with van der Waals surface area (Å²) in [5.41, 5.74) is 2.33. The van der Waals surface area contributed by atoms with Crippen molar-refractivity contribution >= 4 is 5.82 Å². The maximum atomic E-state index is 10.4. The second-order valence-corrected chi connectivity index (χ2v) is 7.89. The van der Waals surface area contributed by atoms with Gasteiger partial charge in [0.15, 0.2) is 0 Å². The molecule has 2 N–H and O–H groups in total. The zero-order valence-corrected chi connectivity index (χ0v) is 16.7. The van der Waals surface area contributed by atoms with Crippen molar-refractivity contribution in [1.82, 2.24) is 15.1 Å². The van der Waals surface area contributed by atoms with Gasteiger partial charge >= 0.3 is 0 Å². The molecule has 1 aliphatic heterocycles. The van der Waals surface area contributed by atoms with Crippen LogP contribution in [0, 0.1) is 12.8 Å². The summed E-state index contributed by atoms with van der Waals surface area (Å²) in [6.07, 6.45) is 2.34. The van der Waals surface area contributed by atoms with Crippen LogP contribution in [-0.2, 0) is 0 Å². The summed E-state index contributed by atoms with van der Waals surface area (Å²) >= 11 is 0. The fraction of sp³-hybridized carbons (Fsp3) is 0.524. The van der Waals surface area contributed by atoms with E-state index in [-0.39, 0.29) is 5.75 Å². The lowest BCUT2D eigenvalue weighted by atomic mass is 10.1. The largest absolute Gasteiger partial charge is 0.507 e. The molecular formula is C21H30N4O2. The van der Waals surface area contributed by atoms with Crippen LogP contribution in [0.5, 0.6) is 11.5 Å². The van der Waals surface area contributed by atoms with Crippen molar-refractivity contribution in [3.63, 3.8) is 0 Å². The van der Waals surface area contributed by atoms with E-state index in [4.69, 9.17) is 4.74 Å².